The Bertz CT molecular complexity index is 427. The molecule has 1 unspecified atom stereocenters. The van der Waals surface area contributed by atoms with Crippen LogP contribution in [0.1, 0.15) is 22.8 Å². The number of hydrogen-bond acceptors (Lipinski definition) is 2. The third-order valence-electron chi connectivity index (χ3n) is 2.16. The Balaban J connectivity index is 3.36. The summed E-state index contributed by atoms with van der Waals surface area (Å²) in [5.74, 6) is -0.411. The SMILES string of the molecule is COc1ccc(C(F)(F)F)c(C(=O)C(C)Br)c1. The van der Waals surface area contributed by atoms with Crippen molar-refractivity contribution < 1.29 is 22.7 Å². The third kappa shape index (κ3) is 3.21. The second-order valence-electron chi connectivity index (χ2n) is 3.39. The summed E-state index contributed by atoms with van der Waals surface area (Å²) >= 11 is 2.97. The highest BCUT2D eigenvalue weighted by Crippen LogP contribution is 2.34. The molecule has 0 aliphatic rings. The number of ether oxygens (including phenoxy) is 1. The first kappa shape index (κ1) is 14.0. The van der Waals surface area contributed by atoms with Crippen molar-refractivity contribution in [2.75, 3.05) is 7.11 Å². The Labute approximate surface area is 105 Å². The Morgan fingerprint density at radius 1 is 1.41 bits per heavy atom. The molecule has 6 heteroatoms. The van der Waals surface area contributed by atoms with Crippen LogP contribution < -0.4 is 4.74 Å². The van der Waals surface area contributed by atoms with Crippen LogP contribution in [0.25, 0.3) is 0 Å². The standard InChI is InChI=1S/C11H10BrF3O2/c1-6(12)10(16)8-5-7(17-2)3-4-9(8)11(13,14)15/h3-6H,1-2H3. The number of methoxy groups -OCH3 is 1. The van der Waals surface area contributed by atoms with Crippen molar-refractivity contribution in [1.82, 2.24) is 0 Å². The maximum Gasteiger partial charge on any atom is 0.417 e. The van der Waals surface area contributed by atoms with Gasteiger partial charge in [-0.15, -0.1) is 0 Å². The lowest BCUT2D eigenvalue weighted by molar-refractivity contribution is -0.137. The minimum atomic E-state index is -4.56. The molecule has 2 nitrogen and oxygen atoms in total. The van der Waals surface area contributed by atoms with E-state index in [4.69, 9.17) is 4.74 Å². The van der Waals surface area contributed by atoms with Gasteiger partial charge in [-0.25, -0.2) is 0 Å². The van der Waals surface area contributed by atoms with E-state index < -0.39 is 22.4 Å². The zero-order chi connectivity index (χ0) is 13.2. The predicted molar refractivity (Wildman–Crippen MR) is 60.7 cm³/mol. The maximum atomic E-state index is 12.7. The van der Waals surface area contributed by atoms with E-state index in [1.54, 1.807) is 0 Å². The number of carbonyl (C=O) groups is 1. The number of rotatable bonds is 3. The quantitative estimate of drug-likeness (QED) is 0.629. The monoisotopic (exact) mass is 310 g/mol. The molecule has 0 saturated heterocycles. The van der Waals surface area contributed by atoms with Gasteiger partial charge in [0.1, 0.15) is 5.75 Å². The summed E-state index contributed by atoms with van der Waals surface area (Å²) in [5.41, 5.74) is -1.34. The molecule has 0 bridgehead atoms. The second-order valence-corrected chi connectivity index (χ2v) is 4.76. The van der Waals surface area contributed by atoms with E-state index in [0.29, 0.717) is 0 Å². The molecule has 0 radical (unpaired) electrons. The number of halogens is 4. The summed E-state index contributed by atoms with van der Waals surface area (Å²) in [6.07, 6.45) is -4.56. The van der Waals surface area contributed by atoms with Gasteiger partial charge in [-0.05, 0) is 25.1 Å². The van der Waals surface area contributed by atoms with Crippen molar-refractivity contribution in [3.8, 4) is 5.75 Å². The fraction of sp³-hybridized carbons (Fsp3) is 0.364. The van der Waals surface area contributed by atoms with Crippen LogP contribution in [0.15, 0.2) is 18.2 Å². The van der Waals surface area contributed by atoms with Crippen LogP contribution in [-0.4, -0.2) is 17.7 Å². The van der Waals surface area contributed by atoms with Crippen LogP contribution in [0.4, 0.5) is 13.2 Å². The number of alkyl halides is 4. The summed E-state index contributed by atoms with van der Waals surface area (Å²) in [6.45, 7) is 1.47. The van der Waals surface area contributed by atoms with Crippen molar-refractivity contribution in [1.29, 1.82) is 0 Å². The van der Waals surface area contributed by atoms with Gasteiger partial charge in [0.25, 0.3) is 0 Å². The fourth-order valence-corrected chi connectivity index (χ4v) is 1.56. The molecule has 17 heavy (non-hydrogen) atoms. The van der Waals surface area contributed by atoms with Crippen LogP contribution in [-0.2, 0) is 6.18 Å². The van der Waals surface area contributed by atoms with Gasteiger partial charge >= 0.3 is 6.18 Å². The van der Waals surface area contributed by atoms with Crippen LogP contribution in [0.3, 0.4) is 0 Å². The van der Waals surface area contributed by atoms with Crippen molar-refractivity contribution in [3.05, 3.63) is 29.3 Å². The highest BCUT2D eigenvalue weighted by Gasteiger charge is 2.35. The molecule has 0 saturated carbocycles. The summed E-state index contributed by atoms with van der Waals surface area (Å²) < 4.78 is 42.9. The Morgan fingerprint density at radius 2 is 2.00 bits per heavy atom. The van der Waals surface area contributed by atoms with Gasteiger partial charge in [-0.2, -0.15) is 13.2 Å². The molecule has 1 rings (SSSR count). The summed E-state index contributed by atoms with van der Waals surface area (Å²) in [7, 11) is 1.33. The first-order valence-corrected chi connectivity index (χ1v) is 5.62. The van der Waals surface area contributed by atoms with Gasteiger partial charge in [0.2, 0.25) is 0 Å². The number of carbonyl (C=O) groups excluding carboxylic acids is 1. The van der Waals surface area contributed by atoms with Crippen molar-refractivity contribution in [2.24, 2.45) is 0 Å². The summed E-state index contributed by atoms with van der Waals surface area (Å²) in [5, 5.41) is 0. The molecule has 1 aromatic rings. The maximum absolute atomic E-state index is 12.7. The molecule has 0 aromatic heterocycles. The van der Waals surface area contributed by atoms with Crippen LogP contribution in [0.2, 0.25) is 0 Å². The van der Waals surface area contributed by atoms with E-state index in [0.717, 1.165) is 12.1 Å². The Hall–Kier alpha value is -1.04. The Morgan fingerprint density at radius 3 is 2.41 bits per heavy atom. The van der Waals surface area contributed by atoms with Crippen LogP contribution >= 0.6 is 15.9 Å². The van der Waals surface area contributed by atoms with E-state index in [1.165, 1.54) is 20.1 Å². The van der Waals surface area contributed by atoms with Crippen molar-refractivity contribution in [3.63, 3.8) is 0 Å². The zero-order valence-electron chi connectivity index (χ0n) is 9.14. The highest BCUT2D eigenvalue weighted by atomic mass is 79.9. The number of ketones is 1. The van der Waals surface area contributed by atoms with E-state index in [9.17, 15) is 18.0 Å². The molecule has 0 fully saturated rings. The normalized spacial score (nSPS) is 13.3. The van der Waals surface area contributed by atoms with Gasteiger partial charge in [0.05, 0.1) is 17.5 Å². The average molecular weight is 311 g/mol. The Kier molecular flexibility index (Phi) is 4.19. The predicted octanol–water partition coefficient (Wildman–Crippen LogP) is 3.68. The number of Topliss-reactive ketones (excluding diaryl/α,β-unsaturated/α-hetero) is 1. The number of hydrogen-bond donors (Lipinski definition) is 0. The van der Waals surface area contributed by atoms with Gasteiger partial charge in [-0.1, -0.05) is 15.9 Å². The van der Waals surface area contributed by atoms with Gasteiger partial charge in [0, 0.05) is 5.56 Å². The lowest BCUT2D eigenvalue weighted by atomic mass is 10.0. The van der Waals surface area contributed by atoms with E-state index in [1.807, 2.05) is 0 Å². The lowest BCUT2D eigenvalue weighted by Gasteiger charge is -2.14. The summed E-state index contributed by atoms with van der Waals surface area (Å²) in [4.78, 5) is 11.0. The molecule has 0 N–H and O–H groups in total. The van der Waals surface area contributed by atoms with E-state index in [-0.39, 0.29) is 11.3 Å². The molecule has 0 aliphatic heterocycles. The zero-order valence-corrected chi connectivity index (χ0v) is 10.7. The van der Waals surface area contributed by atoms with Crippen molar-refractivity contribution in [2.45, 2.75) is 17.9 Å². The summed E-state index contributed by atoms with van der Waals surface area (Å²) in [6, 6.07) is 3.13. The number of benzene rings is 1. The molecule has 94 valence electrons. The topological polar surface area (TPSA) is 26.3 Å². The molecule has 0 amide bonds. The molecule has 0 aliphatic carbocycles. The molecule has 1 atom stereocenters. The van der Waals surface area contributed by atoms with Crippen molar-refractivity contribution >= 4 is 21.7 Å². The average Bonchev–Trinajstić information content (AvgIpc) is 2.25. The van der Waals surface area contributed by atoms with Gasteiger partial charge < -0.3 is 4.74 Å². The highest BCUT2D eigenvalue weighted by molar-refractivity contribution is 9.10. The van der Waals surface area contributed by atoms with Gasteiger partial charge in [0.15, 0.2) is 5.78 Å². The second kappa shape index (κ2) is 5.08. The van der Waals surface area contributed by atoms with Crippen LogP contribution in [0.5, 0.6) is 5.75 Å². The first-order valence-electron chi connectivity index (χ1n) is 4.71. The molecular weight excluding hydrogens is 301 g/mol. The molecule has 0 spiro atoms. The van der Waals surface area contributed by atoms with E-state index >= 15 is 0 Å². The lowest BCUT2D eigenvalue weighted by Crippen LogP contribution is -2.17. The van der Waals surface area contributed by atoms with Crippen LogP contribution in [0, 0.1) is 0 Å². The minimum Gasteiger partial charge on any atom is -0.497 e. The molecule has 0 heterocycles. The smallest absolute Gasteiger partial charge is 0.417 e. The molecular formula is C11H10BrF3O2. The fourth-order valence-electron chi connectivity index (χ4n) is 1.32. The van der Waals surface area contributed by atoms with E-state index in [2.05, 4.69) is 15.9 Å². The van der Waals surface area contributed by atoms with Gasteiger partial charge in [-0.3, -0.25) is 4.79 Å². The minimum absolute atomic E-state index is 0.217. The third-order valence-corrected chi connectivity index (χ3v) is 2.57. The largest absolute Gasteiger partial charge is 0.497 e. The first-order chi connectivity index (χ1) is 7.77. The molecule has 1 aromatic carbocycles.